The van der Waals surface area contributed by atoms with E-state index in [0.717, 1.165) is 6.42 Å². The molecule has 1 saturated heterocycles. The van der Waals surface area contributed by atoms with Gasteiger partial charge in [-0.05, 0) is 31.0 Å². The molecule has 1 unspecified atom stereocenters. The minimum absolute atomic E-state index is 0.0915. The van der Waals surface area contributed by atoms with E-state index in [9.17, 15) is 14.0 Å². The summed E-state index contributed by atoms with van der Waals surface area (Å²) in [5.41, 5.74) is 1.18. The maximum Gasteiger partial charge on any atom is 0.255 e. The molecule has 0 saturated carbocycles. The van der Waals surface area contributed by atoms with Crippen LogP contribution in [0.4, 0.5) is 10.3 Å². The van der Waals surface area contributed by atoms with Gasteiger partial charge in [-0.3, -0.25) is 14.2 Å². The number of aromatic nitrogens is 4. The topological polar surface area (TPSA) is 81.0 Å². The summed E-state index contributed by atoms with van der Waals surface area (Å²) in [5.74, 6) is -0.315. The Labute approximate surface area is 166 Å². The third kappa shape index (κ3) is 3.91. The molecule has 1 aromatic carbocycles. The van der Waals surface area contributed by atoms with E-state index < -0.39 is 5.82 Å². The van der Waals surface area contributed by atoms with Crippen molar-refractivity contribution < 1.29 is 9.18 Å². The van der Waals surface area contributed by atoms with E-state index in [1.54, 1.807) is 31.4 Å². The van der Waals surface area contributed by atoms with Gasteiger partial charge in [0, 0.05) is 43.9 Å². The highest BCUT2D eigenvalue weighted by molar-refractivity contribution is 5.98. The first-order valence-corrected chi connectivity index (χ1v) is 9.42. The second-order valence-electron chi connectivity index (χ2n) is 7.09. The van der Waals surface area contributed by atoms with Crippen LogP contribution in [-0.2, 0) is 7.05 Å². The summed E-state index contributed by atoms with van der Waals surface area (Å²) in [6.45, 7) is 1.10. The summed E-state index contributed by atoms with van der Waals surface area (Å²) in [6, 6.07) is 8.89. The van der Waals surface area contributed by atoms with Crippen LogP contribution in [0.25, 0.3) is 11.4 Å². The minimum atomic E-state index is -0.426. The fraction of sp³-hybridized carbons (Fsp3) is 0.286. The highest BCUT2D eigenvalue weighted by Crippen LogP contribution is 2.25. The van der Waals surface area contributed by atoms with E-state index in [1.165, 1.54) is 29.1 Å². The lowest BCUT2D eigenvalue weighted by molar-refractivity contribution is 0.0906. The van der Waals surface area contributed by atoms with Crippen LogP contribution in [0.15, 0.2) is 53.7 Å². The monoisotopic (exact) mass is 393 g/mol. The maximum atomic E-state index is 13.5. The van der Waals surface area contributed by atoms with Crippen molar-refractivity contribution in [2.75, 3.05) is 18.0 Å². The van der Waals surface area contributed by atoms with Gasteiger partial charge in [-0.25, -0.2) is 19.3 Å². The molecule has 1 atom stereocenters. The van der Waals surface area contributed by atoms with Crippen molar-refractivity contribution in [2.45, 2.75) is 12.8 Å². The molecule has 29 heavy (non-hydrogen) atoms. The molecule has 148 valence electrons. The summed E-state index contributed by atoms with van der Waals surface area (Å²) in [4.78, 5) is 40.0. The number of Topliss-reactive ketones (excluding diaryl/α,β-unsaturated/α-hetero) is 1. The normalized spacial score (nSPS) is 16.6. The second-order valence-corrected chi connectivity index (χ2v) is 7.09. The number of rotatable bonds is 4. The average molecular weight is 393 g/mol. The quantitative estimate of drug-likeness (QED) is 0.634. The smallest absolute Gasteiger partial charge is 0.255 e. The van der Waals surface area contributed by atoms with Gasteiger partial charge >= 0.3 is 0 Å². The fourth-order valence-electron chi connectivity index (χ4n) is 3.63. The zero-order valence-corrected chi connectivity index (χ0v) is 16.0. The first-order valence-electron chi connectivity index (χ1n) is 9.42. The Balaban J connectivity index is 1.64. The van der Waals surface area contributed by atoms with Gasteiger partial charge in [0.1, 0.15) is 12.1 Å². The molecular weight excluding hydrogens is 373 g/mol. The van der Waals surface area contributed by atoms with E-state index in [2.05, 4.69) is 15.0 Å². The van der Waals surface area contributed by atoms with E-state index in [1.807, 2.05) is 4.90 Å². The zero-order chi connectivity index (χ0) is 20.4. The van der Waals surface area contributed by atoms with Crippen LogP contribution in [0.2, 0.25) is 0 Å². The predicted octanol–water partition coefficient (Wildman–Crippen LogP) is 2.48. The number of halogens is 1. The summed E-state index contributed by atoms with van der Waals surface area (Å²) in [7, 11) is 1.66. The van der Waals surface area contributed by atoms with Crippen molar-refractivity contribution in [1.29, 1.82) is 0 Å². The number of anilines is 1. The number of carbonyl (C=O) groups excluding carboxylic acids is 1. The molecule has 7 nitrogen and oxygen atoms in total. The highest BCUT2D eigenvalue weighted by Gasteiger charge is 2.29. The summed E-state index contributed by atoms with van der Waals surface area (Å²) in [5, 5.41) is 0. The van der Waals surface area contributed by atoms with Crippen LogP contribution in [0.3, 0.4) is 0 Å². The Morgan fingerprint density at radius 2 is 2.07 bits per heavy atom. The van der Waals surface area contributed by atoms with Crippen molar-refractivity contribution in [3.05, 3.63) is 70.7 Å². The molecule has 0 radical (unpaired) electrons. The fourth-order valence-corrected chi connectivity index (χ4v) is 3.63. The molecule has 0 amide bonds. The van der Waals surface area contributed by atoms with Gasteiger partial charge in [0.2, 0.25) is 5.95 Å². The van der Waals surface area contributed by atoms with Gasteiger partial charge in [-0.2, -0.15) is 0 Å². The van der Waals surface area contributed by atoms with Crippen LogP contribution >= 0.6 is 0 Å². The van der Waals surface area contributed by atoms with E-state index in [4.69, 9.17) is 0 Å². The van der Waals surface area contributed by atoms with Gasteiger partial charge in [-0.15, -0.1) is 0 Å². The lowest BCUT2D eigenvalue weighted by Crippen LogP contribution is -2.42. The van der Waals surface area contributed by atoms with Crippen LogP contribution in [0, 0.1) is 11.7 Å². The van der Waals surface area contributed by atoms with Crippen LogP contribution in [0.5, 0.6) is 0 Å². The van der Waals surface area contributed by atoms with Crippen molar-refractivity contribution in [1.82, 2.24) is 19.5 Å². The summed E-state index contributed by atoms with van der Waals surface area (Å²) >= 11 is 0. The molecule has 1 fully saturated rings. The zero-order valence-electron chi connectivity index (χ0n) is 16.0. The summed E-state index contributed by atoms with van der Waals surface area (Å²) in [6.07, 6.45) is 4.49. The molecule has 0 spiro atoms. The van der Waals surface area contributed by atoms with Crippen molar-refractivity contribution in [3.63, 3.8) is 0 Å². The summed E-state index contributed by atoms with van der Waals surface area (Å²) < 4.78 is 15.0. The second kappa shape index (κ2) is 7.90. The maximum absolute atomic E-state index is 13.5. The number of piperidine rings is 1. The minimum Gasteiger partial charge on any atom is -0.341 e. The third-order valence-electron chi connectivity index (χ3n) is 5.14. The lowest BCUT2D eigenvalue weighted by Gasteiger charge is -2.33. The van der Waals surface area contributed by atoms with Crippen LogP contribution in [0.1, 0.15) is 23.2 Å². The van der Waals surface area contributed by atoms with Crippen LogP contribution in [-0.4, -0.2) is 38.4 Å². The van der Waals surface area contributed by atoms with Gasteiger partial charge in [0.15, 0.2) is 5.78 Å². The Morgan fingerprint density at radius 1 is 1.21 bits per heavy atom. The largest absolute Gasteiger partial charge is 0.341 e. The number of nitrogens with zero attached hydrogens (tertiary/aromatic N) is 5. The first-order chi connectivity index (χ1) is 14.0. The molecule has 0 bridgehead atoms. The number of benzene rings is 1. The average Bonchev–Trinajstić information content (AvgIpc) is 2.75. The van der Waals surface area contributed by atoms with E-state index in [-0.39, 0.29) is 17.3 Å². The predicted molar refractivity (Wildman–Crippen MR) is 106 cm³/mol. The Hall–Kier alpha value is -3.42. The number of carbonyl (C=O) groups is 1. The standard InChI is InChI=1S/C21H20FN5O2/c1-26-19(28)11-18(17-7-8-23-13-24-17)25-21(26)27-9-3-5-15(12-27)20(29)14-4-2-6-16(22)10-14/h2,4,6-8,10-11,13,15H,3,5,9,12H2,1H3. The number of hydrogen-bond donors (Lipinski definition) is 0. The Bertz CT molecular complexity index is 1100. The van der Waals surface area contributed by atoms with Gasteiger partial charge in [-0.1, -0.05) is 12.1 Å². The molecule has 4 rings (SSSR count). The third-order valence-corrected chi connectivity index (χ3v) is 5.14. The lowest BCUT2D eigenvalue weighted by atomic mass is 9.90. The SMILES string of the molecule is Cn1c(N2CCCC(C(=O)c3cccc(F)c3)C2)nc(-c2ccncn2)cc1=O. The Morgan fingerprint density at radius 3 is 2.83 bits per heavy atom. The van der Waals surface area contributed by atoms with E-state index >= 15 is 0 Å². The van der Waals surface area contributed by atoms with Crippen molar-refractivity contribution in [2.24, 2.45) is 13.0 Å². The van der Waals surface area contributed by atoms with Crippen molar-refractivity contribution in [3.8, 4) is 11.4 Å². The number of hydrogen-bond acceptors (Lipinski definition) is 6. The van der Waals surface area contributed by atoms with Gasteiger partial charge in [0.05, 0.1) is 11.4 Å². The molecule has 1 aliphatic heterocycles. The molecular formula is C21H20FN5O2. The van der Waals surface area contributed by atoms with Crippen molar-refractivity contribution >= 4 is 11.7 Å². The van der Waals surface area contributed by atoms with Gasteiger partial charge < -0.3 is 4.90 Å². The molecule has 8 heteroatoms. The Kier molecular flexibility index (Phi) is 5.16. The van der Waals surface area contributed by atoms with Crippen LogP contribution < -0.4 is 10.5 Å². The molecule has 1 aliphatic rings. The highest BCUT2D eigenvalue weighted by atomic mass is 19.1. The number of ketones is 1. The van der Waals surface area contributed by atoms with E-state index in [0.29, 0.717) is 42.4 Å². The van der Waals surface area contributed by atoms with Gasteiger partial charge in [0.25, 0.3) is 5.56 Å². The molecule has 0 N–H and O–H groups in total. The molecule has 3 heterocycles. The molecule has 3 aromatic rings. The molecule has 0 aliphatic carbocycles. The molecule has 2 aromatic heterocycles. The first kappa shape index (κ1) is 18.9.